The fourth-order valence-electron chi connectivity index (χ4n) is 2.00. The van der Waals surface area contributed by atoms with E-state index in [4.69, 9.17) is 22.6 Å². The summed E-state index contributed by atoms with van der Waals surface area (Å²) >= 11 is 1.45. The minimum absolute atomic E-state index is 0.0882. The zero-order valence-corrected chi connectivity index (χ0v) is 17.1. The topological polar surface area (TPSA) is 80.3 Å². The van der Waals surface area contributed by atoms with Gasteiger partial charge in [-0.2, -0.15) is 0 Å². The lowest BCUT2D eigenvalue weighted by molar-refractivity contribution is -0.112. The van der Waals surface area contributed by atoms with Gasteiger partial charge in [0.2, 0.25) is 10.2 Å². The third kappa shape index (κ3) is 14.7. The Balaban J connectivity index is 3.55. The van der Waals surface area contributed by atoms with E-state index in [1.54, 1.807) is 28.4 Å². The summed E-state index contributed by atoms with van der Waals surface area (Å²) in [6, 6.07) is 0. The van der Waals surface area contributed by atoms with Gasteiger partial charge < -0.3 is 18.9 Å². The first-order chi connectivity index (χ1) is 12.1. The van der Waals surface area contributed by atoms with Crippen LogP contribution in [0.1, 0.15) is 51.4 Å². The van der Waals surface area contributed by atoms with Crippen molar-refractivity contribution in [2.45, 2.75) is 63.9 Å². The van der Waals surface area contributed by atoms with Crippen LogP contribution in [0, 0.1) is 0 Å². The Morgan fingerprint density at radius 3 is 1.36 bits per heavy atom. The highest BCUT2D eigenvalue weighted by atomic mass is 32.2. The number of ether oxygens (including phenoxy) is 4. The average molecular weight is 399 g/mol. The largest absolute Gasteiger partial charge is 0.356 e. The first kappa shape index (κ1) is 24.8. The van der Waals surface area contributed by atoms with E-state index in [1.807, 2.05) is 0 Å². The highest BCUT2D eigenvalue weighted by Gasteiger charge is 2.11. The highest BCUT2D eigenvalue weighted by Crippen LogP contribution is 2.21. The second-order valence-corrected chi connectivity index (χ2v) is 7.06. The maximum absolute atomic E-state index is 11.6. The van der Waals surface area contributed by atoms with Crippen LogP contribution >= 0.6 is 24.1 Å². The lowest BCUT2D eigenvalue weighted by Crippen LogP contribution is -2.12. The van der Waals surface area contributed by atoms with Gasteiger partial charge in [0.25, 0.3) is 0 Å². The molecule has 0 spiro atoms. The molecule has 0 aromatic heterocycles. The smallest absolute Gasteiger partial charge is 0.216 e. The van der Waals surface area contributed by atoms with Crippen LogP contribution in [0.15, 0.2) is 0 Å². The summed E-state index contributed by atoms with van der Waals surface area (Å²) in [5, 5.41) is -0.176. The highest BCUT2D eigenvalue weighted by molar-refractivity contribution is 8.21. The quantitative estimate of drug-likeness (QED) is 0.219. The molecule has 7 nitrogen and oxygen atoms in total. The Labute approximate surface area is 159 Å². The maximum Gasteiger partial charge on any atom is 0.216 e. The molecule has 0 radical (unpaired) electrons. The van der Waals surface area contributed by atoms with Crippen molar-refractivity contribution in [3.8, 4) is 0 Å². The number of carbonyl (C=O) groups excluding carboxylic acids is 2. The molecule has 0 aliphatic heterocycles. The SMILES string of the molecule is COC(CCCCC(=O)SOSC(=O)CCCCC(OC)OC)OC. The van der Waals surface area contributed by atoms with Crippen molar-refractivity contribution in [1.82, 2.24) is 0 Å². The molecule has 0 unspecified atom stereocenters. The lowest BCUT2D eigenvalue weighted by atomic mass is 10.2. The first-order valence-corrected chi connectivity index (χ1v) is 9.73. The predicted molar refractivity (Wildman–Crippen MR) is 98.8 cm³/mol. The van der Waals surface area contributed by atoms with Gasteiger partial charge >= 0.3 is 0 Å². The van der Waals surface area contributed by atoms with Crippen molar-refractivity contribution >= 4 is 34.3 Å². The van der Waals surface area contributed by atoms with E-state index in [0.717, 1.165) is 62.6 Å². The van der Waals surface area contributed by atoms with Gasteiger partial charge in [0.15, 0.2) is 12.6 Å². The summed E-state index contributed by atoms with van der Waals surface area (Å²) in [7, 11) is 6.35. The normalized spacial score (nSPS) is 11.4. The summed E-state index contributed by atoms with van der Waals surface area (Å²) in [6.45, 7) is 0. The van der Waals surface area contributed by atoms with Crippen LogP contribution in [-0.2, 0) is 32.2 Å². The van der Waals surface area contributed by atoms with Gasteiger partial charge in [0.05, 0.1) is 24.1 Å². The predicted octanol–water partition coefficient (Wildman–Crippen LogP) is 3.71. The Morgan fingerprint density at radius 1 is 0.680 bits per heavy atom. The molecule has 0 amide bonds. The molecule has 148 valence electrons. The van der Waals surface area contributed by atoms with Gasteiger partial charge in [-0.15, -0.1) is 0 Å². The molecular weight excluding hydrogens is 368 g/mol. The number of hydrogen-bond acceptors (Lipinski definition) is 9. The Bertz CT molecular complexity index is 315. The van der Waals surface area contributed by atoms with Gasteiger partial charge in [-0.1, -0.05) is 0 Å². The molecular formula is C16H30O7S2. The third-order valence-electron chi connectivity index (χ3n) is 3.45. The Hall–Kier alpha value is -0.160. The van der Waals surface area contributed by atoms with Crippen LogP contribution in [-0.4, -0.2) is 51.2 Å². The molecule has 0 aromatic rings. The first-order valence-electron chi connectivity index (χ1n) is 8.25. The second-order valence-electron chi connectivity index (χ2n) is 5.27. The zero-order chi connectivity index (χ0) is 18.9. The minimum Gasteiger partial charge on any atom is -0.356 e. The number of hydrogen-bond donors (Lipinski definition) is 0. The van der Waals surface area contributed by atoms with Gasteiger partial charge in [0, 0.05) is 41.3 Å². The molecule has 0 aliphatic rings. The molecule has 0 atom stereocenters. The average Bonchev–Trinajstić information content (AvgIpc) is 2.62. The molecule has 0 fully saturated rings. The second kappa shape index (κ2) is 17.3. The maximum atomic E-state index is 11.6. The van der Waals surface area contributed by atoms with Crippen LogP contribution in [0.4, 0.5) is 0 Å². The van der Waals surface area contributed by atoms with Gasteiger partial charge in [-0.25, -0.2) is 3.63 Å². The minimum atomic E-state index is -0.227. The molecule has 9 heteroatoms. The Kier molecular flexibility index (Phi) is 17.2. The van der Waals surface area contributed by atoms with E-state index in [1.165, 1.54) is 0 Å². The van der Waals surface area contributed by atoms with E-state index < -0.39 is 0 Å². The standard InChI is InChI=1S/C16H30O7S2/c1-19-15(20-2)11-7-5-9-13(17)24-23-25-14(18)10-6-8-12-16(21-3)22-4/h15-16H,5-12H2,1-4H3. The molecule has 0 heterocycles. The third-order valence-corrected chi connectivity index (χ3v) is 4.77. The molecule has 0 aliphatic carbocycles. The van der Waals surface area contributed by atoms with Crippen LogP contribution < -0.4 is 0 Å². The molecule has 0 saturated carbocycles. The fraction of sp³-hybridized carbons (Fsp3) is 0.875. The summed E-state index contributed by atoms with van der Waals surface area (Å²) in [6.07, 6.45) is 4.95. The number of unbranched alkanes of at least 4 members (excludes halogenated alkanes) is 2. The van der Waals surface area contributed by atoms with Gasteiger partial charge in [-0.05, 0) is 38.5 Å². The number of carbonyl (C=O) groups is 2. The van der Waals surface area contributed by atoms with Gasteiger partial charge in [0.1, 0.15) is 0 Å². The van der Waals surface area contributed by atoms with E-state index in [0.29, 0.717) is 12.8 Å². The van der Waals surface area contributed by atoms with E-state index in [9.17, 15) is 9.59 Å². The van der Waals surface area contributed by atoms with Crippen LogP contribution in [0.25, 0.3) is 0 Å². The number of rotatable bonds is 16. The molecule has 0 aromatic carbocycles. The Morgan fingerprint density at radius 2 is 1.04 bits per heavy atom. The van der Waals surface area contributed by atoms with Crippen molar-refractivity contribution < 1.29 is 32.2 Å². The van der Waals surface area contributed by atoms with Crippen LogP contribution in [0.5, 0.6) is 0 Å². The molecule has 0 saturated heterocycles. The monoisotopic (exact) mass is 398 g/mol. The fourth-order valence-corrected chi connectivity index (χ4v) is 3.20. The van der Waals surface area contributed by atoms with Crippen molar-refractivity contribution in [1.29, 1.82) is 0 Å². The van der Waals surface area contributed by atoms with E-state index in [2.05, 4.69) is 0 Å². The molecule has 0 N–H and O–H groups in total. The van der Waals surface area contributed by atoms with Crippen molar-refractivity contribution in [3.05, 3.63) is 0 Å². The van der Waals surface area contributed by atoms with Crippen LogP contribution in [0.3, 0.4) is 0 Å². The van der Waals surface area contributed by atoms with E-state index >= 15 is 0 Å². The van der Waals surface area contributed by atoms with E-state index in [-0.39, 0.29) is 22.8 Å². The molecule has 25 heavy (non-hydrogen) atoms. The number of methoxy groups -OCH3 is 4. The zero-order valence-electron chi connectivity index (χ0n) is 15.5. The molecule has 0 rings (SSSR count). The lowest BCUT2D eigenvalue weighted by Gasteiger charge is -2.12. The van der Waals surface area contributed by atoms with Crippen molar-refractivity contribution in [2.75, 3.05) is 28.4 Å². The van der Waals surface area contributed by atoms with Crippen molar-refractivity contribution in [2.24, 2.45) is 0 Å². The summed E-state index contributed by atoms with van der Waals surface area (Å²) in [5.74, 6) is 0. The summed E-state index contributed by atoms with van der Waals surface area (Å²) in [4.78, 5) is 23.3. The van der Waals surface area contributed by atoms with Crippen LogP contribution in [0.2, 0.25) is 0 Å². The van der Waals surface area contributed by atoms with Crippen molar-refractivity contribution in [3.63, 3.8) is 0 Å². The van der Waals surface area contributed by atoms with Gasteiger partial charge in [-0.3, -0.25) is 9.59 Å². The summed E-state index contributed by atoms with van der Waals surface area (Å²) < 4.78 is 25.3. The molecule has 0 bridgehead atoms. The summed E-state index contributed by atoms with van der Waals surface area (Å²) in [5.41, 5.74) is 0.